The lowest BCUT2D eigenvalue weighted by Gasteiger charge is -2.26. The normalized spacial score (nSPS) is 14.8. The van der Waals surface area contributed by atoms with Crippen molar-refractivity contribution in [2.45, 2.75) is 39.6 Å². The highest BCUT2D eigenvalue weighted by atomic mass is 28.3. The molecular weight excluding hydrogens is 256 g/mol. The highest BCUT2D eigenvalue weighted by Crippen LogP contribution is 2.23. The molecule has 0 spiro atoms. The number of carbonyl (C=O) groups is 1. The molecule has 0 radical (unpaired) electrons. The van der Waals surface area contributed by atoms with Crippen molar-refractivity contribution in [3.8, 4) is 0 Å². The third-order valence-electron chi connectivity index (χ3n) is 3.22. The molecule has 0 unspecified atom stereocenters. The lowest BCUT2D eigenvalue weighted by molar-refractivity contribution is -0.151. The van der Waals surface area contributed by atoms with Gasteiger partial charge in [-0.1, -0.05) is 49.1 Å². The van der Waals surface area contributed by atoms with Gasteiger partial charge in [0.2, 0.25) is 0 Å². The van der Waals surface area contributed by atoms with Gasteiger partial charge in [0, 0.05) is 0 Å². The Labute approximate surface area is 116 Å². The molecule has 0 saturated heterocycles. The molecule has 1 N–H and O–H groups in total. The Hall–Kier alpha value is -1.13. The van der Waals surface area contributed by atoms with Crippen LogP contribution in [0.15, 0.2) is 24.3 Å². The molecule has 0 aliphatic carbocycles. The van der Waals surface area contributed by atoms with Crippen LogP contribution in [0.4, 0.5) is 0 Å². The van der Waals surface area contributed by atoms with Gasteiger partial charge >= 0.3 is 5.97 Å². The molecule has 0 fully saturated rings. The summed E-state index contributed by atoms with van der Waals surface area (Å²) in [5.41, 5.74) is 0.863. The minimum absolute atomic E-state index is 0.339. The van der Waals surface area contributed by atoms with E-state index >= 15 is 0 Å². The Bertz CT molecular complexity index is 437. The average molecular weight is 280 g/mol. The molecule has 2 atom stereocenters. The summed E-state index contributed by atoms with van der Waals surface area (Å²) in [5, 5.41) is 11.6. The lowest BCUT2D eigenvalue weighted by Crippen LogP contribution is -2.41. The Morgan fingerprint density at radius 2 is 1.89 bits per heavy atom. The van der Waals surface area contributed by atoms with Crippen LogP contribution in [-0.4, -0.2) is 25.8 Å². The molecule has 1 aromatic rings. The highest BCUT2D eigenvalue weighted by molar-refractivity contribution is 6.89. The maximum Gasteiger partial charge on any atom is 0.311 e. The minimum Gasteiger partial charge on any atom is -0.466 e. The van der Waals surface area contributed by atoms with Crippen molar-refractivity contribution in [2.24, 2.45) is 5.92 Å². The fourth-order valence-corrected chi connectivity index (χ4v) is 3.80. The van der Waals surface area contributed by atoms with E-state index in [0.29, 0.717) is 6.61 Å². The van der Waals surface area contributed by atoms with Gasteiger partial charge in [0.25, 0.3) is 0 Å². The SMILES string of the molecule is CCOC(=O)[C@H](C)[C@H](O)c1ccccc1[Si](C)(C)C. The summed E-state index contributed by atoms with van der Waals surface area (Å²) in [6, 6.07) is 7.86. The van der Waals surface area contributed by atoms with Crippen LogP contribution >= 0.6 is 0 Å². The van der Waals surface area contributed by atoms with E-state index in [-0.39, 0.29) is 5.97 Å². The zero-order chi connectivity index (χ0) is 14.6. The number of aliphatic hydroxyl groups excluding tert-OH is 1. The first-order chi connectivity index (χ1) is 8.79. The summed E-state index contributed by atoms with van der Waals surface area (Å²) in [5.74, 6) is -0.891. The fourth-order valence-electron chi connectivity index (χ4n) is 2.11. The van der Waals surface area contributed by atoms with E-state index in [1.165, 1.54) is 5.19 Å². The maximum absolute atomic E-state index is 11.7. The van der Waals surface area contributed by atoms with Crippen molar-refractivity contribution in [3.63, 3.8) is 0 Å². The highest BCUT2D eigenvalue weighted by Gasteiger charge is 2.29. The first-order valence-electron chi connectivity index (χ1n) is 6.73. The van der Waals surface area contributed by atoms with E-state index < -0.39 is 20.1 Å². The number of esters is 1. The van der Waals surface area contributed by atoms with Gasteiger partial charge in [-0.2, -0.15) is 0 Å². The molecular formula is C15H24O3Si. The number of ether oxygens (including phenoxy) is 1. The monoisotopic (exact) mass is 280 g/mol. The van der Waals surface area contributed by atoms with E-state index in [0.717, 1.165) is 5.56 Å². The largest absolute Gasteiger partial charge is 0.466 e. The Morgan fingerprint density at radius 3 is 2.42 bits per heavy atom. The number of hydrogen-bond donors (Lipinski definition) is 1. The van der Waals surface area contributed by atoms with Crippen molar-refractivity contribution in [3.05, 3.63) is 29.8 Å². The molecule has 0 aliphatic rings. The van der Waals surface area contributed by atoms with Gasteiger partial charge in [-0.25, -0.2) is 0 Å². The Morgan fingerprint density at radius 1 is 1.32 bits per heavy atom. The number of rotatable bonds is 5. The number of carbonyl (C=O) groups excluding carboxylic acids is 1. The molecule has 0 aromatic heterocycles. The first-order valence-corrected chi connectivity index (χ1v) is 10.2. The average Bonchev–Trinajstić information content (AvgIpc) is 2.36. The summed E-state index contributed by atoms with van der Waals surface area (Å²) in [6.45, 7) is 10.5. The van der Waals surface area contributed by atoms with E-state index in [2.05, 4.69) is 25.7 Å². The first kappa shape index (κ1) is 15.9. The van der Waals surface area contributed by atoms with Crippen molar-refractivity contribution < 1.29 is 14.6 Å². The summed E-state index contributed by atoms with van der Waals surface area (Å²) in [4.78, 5) is 11.7. The molecule has 0 saturated carbocycles. The summed E-state index contributed by atoms with van der Waals surface area (Å²) >= 11 is 0. The zero-order valence-corrected chi connectivity index (χ0v) is 13.4. The van der Waals surface area contributed by atoms with Crippen LogP contribution in [0, 0.1) is 5.92 Å². The molecule has 0 aliphatic heterocycles. The van der Waals surface area contributed by atoms with Crippen molar-refractivity contribution in [1.29, 1.82) is 0 Å². The van der Waals surface area contributed by atoms with Crippen LogP contribution < -0.4 is 5.19 Å². The lowest BCUT2D eigenvalue weighted by atomic mass is 9.97. The van der Waals surface area contributed by atoms with Gasteiger partial charge < -0.3 is 9.84 Å². The predicted molar refractivity (Wildman–Crippen MR) is 80.2 cm³/mol. The molecule has 4 heteroatoms. The zero-order valence-electron chi connectivity index (χ0n) is 12.4. The standard InChI is InChI=1S/C15H24O3Si/c1-6-18-15(17)11(2)14(16)12-9-7-8-10-13(12)19(3,4)5/h7-11,14,16H,6H2,1-5H3/t11-,14+/m1/s1. The van der Waals surface area contributed by atoms with Gasteiger partial charge in [0.15, 0.2) is 0 Å². The van der Waals surface area contributed by atoms with Crippen LogP contribution in [0.1, 0.15) is 25.5 Å². The van der Waals surface area contributed by atoms with Crippen LogP contribution in [0.25, 0.3) is 0 Å². The summed E-state index contributed by atoms with van der Waals surface area (Å²) in [7, 11) is -1.55. The van der Waals surface area contributed by atoms with Crippen LogP contribution in [0.2, 0.25) is 19.6 Å². The van der Waals surface area contributed by atoms with Crippen LogP contribution in [-0.2, 0) is 9.53 Å². The van der Waals surface area contributed by atoms with E-state index in [1.807, 2.05) is 18.2 Å². The third kappa shape index (κ3) is 3.91. The van der Waals surface area contributed by atoms with E-state index in [4.69, 9.17) is 4.74 Å². The van der Waals surface area contributed by atoms with Gasteiger partial charge in [-0.3, -0.25) is 4.79 Å². The Kier molecular flexibility index (Phi) is 5.32. The quantitative estimate of drug-likeness (QED) is 0.666. The number of hydrogen-bond acceptors (Lipinski definition) is 3. The second kappa shape index (κ2) is 6.35. The number of benzene rings is 1. The van der Waals surface area contributed by atoms with Gasteiger partial charge in [0.05, 0.1) is 26.7 Å². The van der Waals surface area contributed by atoms with Gasteiger partial charge in [-0.15, -0.1) is 0 Å². The van der Waals surface area contributed by atoms with Crippen LogP contribution in [0.5, 0.6) is 0 Å². The van der Waals surface area contributed by atoms with E-state index in [1.54, 1.807) is 13.8 Å². The molecule has 19 heavy (non-hydrogen) atoms. The van der Waals surface area contributed by atoms with Gasteiger partial charge in [-0.05, 0) is 19.4 Å². The summed E-state index contributed by atoms with van der Waals surface area (Å²) in [6.07, 6.45) is -0.804. The summed E-state index contributed by atoms with van der Waals surface area (Å²) < 4.78 is 4.98. The molecule has 3 nitrogen and oxygen atoms in total. The topological polar surface area (TPSA) is 46.5 Å². The predicted octanol–water partition coefficient (Wildman–Crippen LogP) is 2.46. The van der Waals surface area contributed by atoms with Crippen molar-refractivity contribution >= 4 is 19.2 Å². The molecule has 0 bridgehead atoms. The van der Waals surface area contributed by atoms with Crippen LogP contribution in [0.3, 0.4) is 0 Å². The van der Waals surface area contributed by atoms with E-state index in [9.17, 15) is 9.90 Å². The second-order valence-corrected chi connectivity index (χ2v) is 10.9. The second-order valence-electron chi connectivity index (χ2n) is 5.82. The number of aliphatic hydroxyl groups is 1. The molecule has 1 aromatic carbocycles. The van der Waals surface area contributed by atoms with Crippen molar-refractivity contribution in [2.75, 3.05) is 6.61 Å². The Balaban J connectivity index is 3.06. The molecule has 0 heterocycles. The fraction of sp³-hybridized carbons (Fsp3) is 0.533. The van der Waals surface area contributed by atoms with Crippen molar-refractivity contribution in [1.82, 2.24) is 0 Å². The maximum atomic E-state index is 11.7. The smallest absolute Gasteiger partial charge is 0.311 e. The molecule has 106 valence electrons. The van der Waals surface area contributed by atoms with Gasteiger partial charge in [0.1, 0.15) is 0 Å². The molecule has 1 rings (SSSR count). The molecule has 0 amide bonds. The third-order valence-corrected chi connectivity index (χ3v) is 5.29. The minimum atomic E-state index is -1.55.